The number of nitrogens with two attached hydrogens (primary N) is 2. The first kappa shape index (κ1) is 8.83. The quantitative estimate of drug-likeness (QED) is 0.380. The third-order valence-corrected chi connectivity index (χ3v) is 0.707. The normalized spacial score (nSPS) is 17.1. The standard InChI is InChI=1S/C3H7N.H4N2O2S/c1-2-4-3-1;1-5(2,3)4/h4H,1-3H2;(H4,1,2,3,4). The summed E-state index contributed by atoms with van der Waals surface area (Å²) in [6.45, 7) is 2.50. The maximum Gasteiger partial charge on any atom is 0.271 e. The minimum Gasteiger partial charge on any atom is -0.317 e. The van der Waals surface area contributed by atoms with Gasteiger partial charge in [-0.15, -0.1) is 0 Å². The minimum absolute atomic E-state index is 1.25. The van der Waals surface area contributed by atoms with Crippen LogP contribution < -0.4 is 15.6 Å². The number of rotatable bonds is 0. The van der Waals surface area contributed by atoms with Gasteiger partial charge in [-0.2, -0.15) is 8.42 Å². The van der Waals surface area contributed by atoms with Crippen molar-refractivity contribution in [3.05, 3.63) is 0 Å². The fourth-order valence-electron chi connectivity index (χ4n) is 0.177. The van der Waals surface area contributed by atoms with Crippen LogP contribution >= 0.6 is 0 Å². The van der Waals surface area contributed by atoms with Crippen molar-refractivity contribution < 1.29 is 8.42 Å². The molecule has 1 fully saturated rings. The van der Waals surface area contributed by atoms with E-state index in [0.717, 1.165) is 0 Å². The SMILES string of the molecule is C1CNC1.NS(N)(=O)=O. The van der Waals surface area contributed by atoms with Gasteiger partial charge in [0, 0.05) is 0 Å². The summed E-state index contributed by atoms with van der Waals surface area (Å²) >= 11 is 0. The molecule has 0 aromatic carbocycles. The molecule has 0 spiro atoms. The van der Waals surface area contributed by atoms with Gasteiger partial charge in [0.1, 0.15) is 0 Å². The molecule has 0 unspecified atom stereocenters. The van der Waals surface area contributed by atoms with Gasteiger partial charge < -0.3 is 5.32 Å². The molecule has 0 bridgehead atoms. The van der Waals surface area contributed by atoms with E-state index < -0.39 is 10.2 Å². The van der Waals surface area contributed by atoms with Crippen LogP contribution in [0.1, 0.15) is 6.42 Å². The monoisotopic (exact) mass is 153 g/mol. The number of hydrogen-bond donors (Lipinski definition) is 3. The molecule has 0 radical (unpaired) electrons. The molecule has 6 heteroatoms. The van der Waals surface area contributed by atoms with E-state index in [1.807, 2.05) is 0 Å². The lowest BCUT2D eigenvalue weighted by Crippen LogP contribution is -2.29. The van der Waals surface area contributed by atoms with Gasteiger partial charge in [-0.1, -0.05) is 0 Å². The molecular weight excluding hydrogens is 142 g/mol. The van der Waals surface area contributed by atoms with E-state index in [1.54, 1.807) is 0 Å². The molecule has 0 aromatic rings. The molecule has 5 nitrogen and oxygen atoms in total. The predicted molar refractivity (Wildman–Crippen MR) is 34.8 cm³/mol. The molecule has 1 rings (SSSR count). The molecule has 0 atom stereocenters. The van der Waals surface area contributed by atoms with Gasteiger partial charge in [0.05, 0.1) is 0 Å². The van der Waals surface area contributed by atoms with E-state index in [4.69, 9.17) is 0 Å². The molecule has 5 N–H and O–H groups in total. The van der Waals surface area contributed by atoms with Crippen LogP contribution in [-0.4, -0.2) is 21.5 Å². The Morgan fingerprint density at radius 3 is 1.33 bits per heavy atom. The van der Waals surface area contributed by atoms with Crippen LogP contribution in [0.5, 0.6) is 0 Å². The highest BCUT2D eigenvalue weighted by atomic mass is 32.2. The van der Waals surface area contributed by atoms with Crippen molar-refractivity contribution in [2.45, 2.75) is 6.42 Å². The highest BCUT2D eigenvalue weighted by molar-refractivity contribution is 7.86. The Morgan fingerprint density at radius 2 is 1.33 bits per heavy atom. The Bertz CT molecular complexity index is 136. The van der Waals surface area contributed by atoms with Gasteiger partial charge in [-0.25, -0.2) is 10.3 Å². The Labute approximate surface area is 54.6 Å². The third kappa shape index (κ3) is 18.1. The predicted octanol–water partition coefficient (Wildman–Crippen LogP) is -1.87. The first-order valence-corrected chi connectivity index (χ1v) is 4.12. The van der Waals surface area contributed by atoms with Crippen LogP contribution in [0.2, 0.25) is 0 Å². The molecule has 1 saturated heterocycles. The molecule has 1 aliphatic rings. The topological polar surface area (TPSA) is 98.2 Å². The van der Waals surface area contributed by atoms with Crippen LogP contribution in [0, 0.1) is 0 Å². The molecule has 1 heterocycles. The van der Waals surface area contributed by atoms with Gasteiger partial charge in [0.2, 0.25) is 0 Å². The minimum atomic E-state index is -3.67. The van der Waals surface area contributed by atoms with Gasteiger partial charge in [0.25, 0.3) is 10.2 Å². The molecule has 9 heavy (non-hydrogen) atoms. The summed E-state index contributed by atoms with van der Waals surface area (Å²) in [5.74, 6) is 0. The maximum absolute atomic E-state index is 9.19. The van der Waals surface area contributed by atoms with Crippen molar-refractivity contribution in [3.8, 4) is 0 Å². The summed E-state index contributed by atoms with van der Waals surface area (Å²) in [7, 11) is -3.67. The van der Waals surface area contributed by atoms with Crippen LogP contribution in [0.25, 0.3) is 0 Å². The maximum atomic E-state index is 9.19. The van der Waals surface area contributed by atoms with Crippen molar-refractivity contribution in [2.75, 3.05) is 13.1 Å². The zero-order chi connectivity index (χ0) is 7.33. The van der Waals surface area contributed by atoms with E-state index in [1.165, 1.54) is 19.5 Å². The van der Waals surface area contributed by atoms with Crippen molar-refractivity contribution in [1.82, 2.24) is 5.32 Å². The zero-order valence-corrected chi connectivity index (χ0v) is 5.82. The summed E-state index contributed by atoms with van der Waals surface area (Å²) in [5, 5.41) is 11.3. The molecule has 0 aromatic heterocycles. The largest absolute Gasteiger partial charge is 0.317 e. The number of hydrogen-bond acceptors (Lipinski definition) is 3. The van der Waals surface area contributed by atoms with E-state index in [2.05, 4.69) is 15.6 Å². The fraction of sp³-hybridized carbons (Fsp3) is 1.00. The van der Waals surface area contributed by atoms with E-state index in [-0.39, 0.29) is 0 Å². The van der Waals surface area contributed by atoms with E-state index >= 15 is 0 Å². The smallest absolute Gasteiger partial charge is 0.271 e. The lowest BCUT2D eigenvalue weighted by molar-refractivity contribution is 0.527. The molecule has 56 valence electrons. The Balaban J connectivity index is 0.000000144. The van der Waals surface area contributed by atoms with E-state index in [0.29, 0.717) is 0 Å². The van der Waals surface area contributed by atoms with Crippen molar-refractivity contribution >= 4 is 10.2 Å². The van der Waals surface area contributed by atoms with Gasteiger partial charge in [-0.3, -0.25) is 0 Å². The van der Waals surface area contributed by atoms with Gasteiger partial charge >= 0.3 is 0 Å². The average molecular weight is 153 g/mol. The van der Waals surface area contributed by atoms with Crippen molar-refractivity contribution in [2.24, 2.45) is 10.3 Å². The third-order valence-electron chi connectivity index (χ3n) is 0.707. The van der Waals surface area contributed by atoms with Crippen LogP contribution in [0.15, 0.2) is 0 Å². The summed E-state index contributed by atoms with van der Waals surface area (Å²) in [6, 6.07) is 0. The summed E-state index contributed by atoms with van der Waals surface area (Å²) < 4.78 is 18.4. The van der Waals surface area contributed by atoms with E-state index in [9.17, 15) is 8.42 Å². The summed E-state index contributed by atoms with van der Waals surface area (Å²) in [6.07, 6.45) is 1.39. The lowest BCUT2D eigenvalue weighted by Gasteiger charge is -2.09. The zero-order valence-electron chi connectivity index (χ0n) is 5.00. The second-order valence-corrected chi connectivity index (χ2v) is 2.87. The molecule has 0 amide bonds. The molecule has 0 aliphatic carbocycles. The second kappa shape index (κ2) is 3.78. The van der Waals surface area contributed by atoms with Crippen LogP contribution in [-0.2, 0) is 10.2 Å². The first-order chi connectivity index (χ1) is 4.00. The lowest BCUT2D eigenvalue weighted by atomic mass is 10.3. The van der Waals surface area contributed by atoms with Gasteiger partial charge in [0.15, 0.2) is 0 Å². The average Bonchev–Trinajstić information content (AvgIpc) is 1.12. The first-order valence-electron chi connectivity index (χ1n) is 2.51. The Kier molecular flexibility index (Phi) is 3.71. The fourth-order valence-corrected chi connectivity index (χ4v) is 0.177. The second-order valence-electron chi connectivity index (χ2n) is 1.69. The van der Waals surface area contributed by atoms with Crippen molar-refractivity contribution in [1.29, 1.82) is 0 Å². The highest BCUT2D eigenvalue weighted by Crippen LogP contribution is 1.80. The molecule has 1 aliphatic heterocycles. The molecule has 0 saturated carbocycles. The summed E-state index contributed by atoms with van der Waals surface area (Å²) in [5.41, 5.74) is 0. The Morgan fingerprint density at radius 1 is 1.22 bits per heavy atom. The summed E-state index contributed by atoms with van der Waals surface area (Å²) in [4.78, 5) is 0. The van der Waals surface area contributed by atoms with Gasteiger partial charge in [-0.05, 0) is 19.5 Å². The van der Waals surface area contributed by atoms with Crippen LogP contribution in [0.3, 0.4) is 0 Å². The van der Waals surface area contributed by atoms with Crippen LogP contribution in [0.4, 0.5) is 0 Å². The van der Waals surface area contributed by atoms with Crippen molar-refractivity contribution in [3.63, 3.8) is 0 Å². The highest BCUT2D eigenvalue weighted by Gasteiger charge is 1.92. The Hall–Kier alpha value is -0.170. The molecular formula is C3H11N3O2S. The number of nitrogens with one attached hydrogen (secondary N) is 1.